The predicted molar refractivity (Wildman–Crippen MR) is 207 cm³/mol. The van der Waals surface area contributed by atoms with E-state index in [9.17, 15) is 57.9 Å². The number of ether oxygens (including phenoxy) is 1. The molecule has 1 aromatic carbocycles. The maximum absolute atomic E-state index is 12.6. The molecule has 28 heteroatoms. The number of aliphatic hydroxyl groups excluding tert-OH is 2. The Kier molecular flexibility index (Phi) is 18.5. The van der Waals surface area contributed by atoms with Crippen LogP contribution in [0.15, 0.2) is 43.0 Å². The molecule has 1 aliphatic heterocycles. The van der Waals surface area contributed by atoms with Gasteiger partial charge in [-0.25, -0.2) is 19.3 Å². The van der Waals surface area contributed by atoms with Crippen LogP contribution in [-0.2, 0) is 57.1 Å². The van der Waals surface area contributed by atoms with Gasteiger partial charge in [0.15, 0.2) is 22.8 Å². The van der Waals surface area contributed by atoms with Crippen molar-refractivity contribution in [2.24, 2.45) is 5.41 Å². The molecule has 1 aliphatic rings. The monoisotopic (exact) mass is 937 g/mol. The molecule has 3 heterocycles. The number of unbranched alkanes of at least 4 members (excludes halogenated alkanes) is 2. The van der Waals surface area contributed by atoms with E-state index in [0.717, 1.165) is 54.7 Å². The van der Waals surface area contributed by atoms with E-state index in [4.69, 9.17) is 10.5 Å². The van der Waals surface area contributed by atoms with Crippen molar-refractivity contribution in [1.29, 1.82) is 0 Å². The molecule has 0 spiro atoms. The van der Waals surface area contributed by atoms with E-state index in [1.54, 1.807) is 0 Å². The third kappa shape index (κ3) is 16.1. The molecule has 2 amide bonds. The first kappa shape index (κ1) is 50.4. The van der Waals surface area contributed by atoms with Crippen LogP contribution in [0.2, 0.25) is 0 Å². The van der Waals surface area contributed by atoms with Gasteiger partial charge in [0, 0.05) is 37.1 Å². The standard InChI is InChI=1S/C33H50N7O17P3S/c1-33(2,28(44)31(45)36-14-13-23(41)35-15-16-61-24(42)12-8-4-7-11-21-9-5-3-6-10-21)18-54-60(51,52)57-59(49,50)53-17-22-27(56-58(46,47)48)26(43)32(55-22)40-20-39-25-29(34)37-19-38-30(25)40/h3,5-6,9-10,19-20,22,26-28,32,43-44H,4,7-8,11-18H2,1-2H3,(H,35,41)(H,36,45)(H,49,50)(H,51,52)(H2,34,37,38)(H2,46,47,48)/p-4/t22-,26-,27-,28+,32-/m1/s1. The minimum absolute atomic E-state index is 0.0208. The second-order valence-corrected chi connectivity index (χ2v) is 19.5. The second-order valence-electron chi connectivity index (χ2n) is 14.2. The van der Waals surface area contributed by atoms with Crippen LogP contribution in [-0.4, -0.2) is 103 Å². The van der Waals surface area contributed by atoms with Gasteiger partial charge >= 0.3 is 0 Å². The number of nitrogen functional groups attached to an aromatic ring is 1. The van der Waals surface area contributed by atoms with Crippen molar-refractivity contribution < 1.29 is 80.5 Å². The van der Waals surface area contributed by atoms with E-state index in [-0.39, 0.29) is 41.6 Å². The number of benzene rings is 1. The van der Waals surface area contributed by atoms with Crippen LogP contribution >= 0.6 is 35.2 Å². The number of fused-ring (bicyclic) bond motifs is 1. The number of carbonyl (C=O) groups is 3. The number of phosphoric acid groups is 3. The van der Waals surface area contributed by atoms with Gasteiger partial charge in [-0.15, -0.1) is 0 Å². The molecule has 6 N–H and O–H groups in total. The molecule has 2 unspecified atom stereocenters. The lowest BCUT2D eigenvalue weighted by Gasteiger charge is -2.36. The van der Waals surface area contributed by atoms with Crippen LogP contribution in [0.1, 0.15) is 57.7 Å². The normalized spacial score (nSPS) is 20.8. The summed E-state index contributed by atoms with van der Waals surface area (Å²) in [4.78, 5) is 96.5. The number of nitrogens with one attached hydrogen (secondary N) is 2. The van der Waals surface area contributed by atoms with Crippen molar-refractivity contribution in [3.63, 3.8) is 0 Å². The number of aliphatic hydroxyl groups is 2. The topological polar surface area (TPSA) is 375 Å². The Morgan fingerprint density at radius 2 is 1.69 bits per heavy atom. The summed E-state index contributed by atoms with van der Waals surface area (Å²) in [6.07, 6.45) is -3.52. The summed E-state index contributed by atoms with van der Waals surface area (Å²) in [5, 5.41) is 26.3. The molecule has 7 atom stereocenters. The van der Waals surface area contributed by atoms with Crippen molar-refractivity contribution in [1.82, 2.24) is 30.2 Å². The van der Waals surface area contributed by atoms with Crippen molar-refractivity contribution >= 4 is 69.1 Å². The van der Waals surface area contributed by atoms with Crippen LogP contribution in [0.4, 0.5) is 5.82 Å². The highest BCUT2D eigenvalue weighted by Gasteiger charge is 2.47. The van der Waals surface area contributed by atoms with Crippen LogP contribution in [0.3, 0.4) is 0 Å². The number of rotatable bonds is 25. The third-order valence-electron chi connectivity index (χ3n) is 8.93. The van der Waals surface area contributed by atoms with E-state index in [0.29, 0.717) is 12.2 Å². The first-order chi connectivity index (χ1) is 28.6. The molecule has 2 aromatic heterocycles. The number of imidazole rings is 1. The largest absolute Gasteiger partial charge is 0.790 e. The summed E-state index contributed by atoms with van der Waals surface area (Å²) in [5.41, 5.74) is 5.33. The number of amides is 2. The number of aromatic nitrogens is 4. The predicted octanol–water partition coefficient (Wildman–Crippen LogP) is -1.06. The molecular formula is C33H46N7O17P3S-4. The van der Waals surface area contributed by atoms with Gasteiger partial charge in [-0.05, 0) is 24.8 Å². The Hall–Kier alpha value is -3.22. The fraction of sp³-hybridized carbons (Fsp3) is 0.576. The van der Waals surface area contributed by atoms with Gasteiger partial charge in [-0.2, -0.15) is 0 Å². The molecule has 3 aromatic rings. The number of hydrogen-bond acceptors (Lipinski definition) is 22. The van der Waals surface area contributed by atoms with E-state index >= 15 is 0 Å². The van der Waals surface area contributed by atoms with Crippen LogP contribution < -0.4 is 35.9 Å². The van der Waals surface area contributed by atoms with Gasteiger partial charge in [0.25, 0.3) is 15.6 Å². The quantitative estimate of drug-likeness (QED) is 0.0499. The van der Waals surface area contributed by atoms with Gasteiger partial charge in [0.1, 0.15) is 36.3 Å². The van der Waals surface area contributed by atoms with Gasteiger partial charge in [-0.1, -0.05) is 62.4 Å². The Morgan fingerprint density at radius 1 is 0.984 bits per heavy atom. The van der Waals surface area contributed by atoms with E-state index in [2.05, 4.69) is 55.6 Å². The molecule has 4 rings (SSSR count). The number of phosphoric ester groups is 3. The summed E-state index contributed by atoms with van der Waals surface area (Å²) in [6, 6.07) is 10.1. The zero-order valence-corrected chi connectivity index (χ0v) is 36.3. The van der Waals surface area contributed by atoms with Crippen LogP contribution in [0, 0.1) is 5.41 Å². The molecule has 1 saturated heterocycles. The van der Waals surface area contributed by atoms with E-state index in [1.807, 2.05) is 18.2 Å². The Bertz CT molecular complexity index is 2100. The molecule has 61 heavy (non-hydrogen) atoms. The van der Waals surface area contributed by atoms with Gasteiger partial charge in [0.05, 0.1) is 27.4 Å². The number of nitrogens with two attached hydrogens (primary N) is 1. The molecule has 0 saturated carbocycles. The molecule has 24 nitrogen and oxygen atoms in total. The number of thioether (sulfide) groups is 1. The summed E-state index contributed by atoms with van der Waals surface area (Å²) in [6.45, 7) is 0.129. The highest BCUT2D eigenvalue weighted by atomic mass is 32.2. The molecule has 0 aliphatic carbocycles. The minimum Gasteiger partial charge on any atom is -0.790 e. The SMILES string of the molecule is CC(C)(COP(=O)([O-])OP(=O)([O-])OC[C@H]1O[C@@H](n2cnc3c(N)ncnc32)[C@H](O)[C@@H]1OP(=O)([O-])[O-])[C@@H](O)C(=O)NCCC(=O)NCCSC(=O)CCCCCc1ccccc1. The first-order valence-electron chi connectivity index (χ1n) is 18.6. The molecule has 1 fully saturated rings. The van der Waals surface area contributed by atoms with Gasteiger partial charge in [0.2, 0.25) is 11.8 Å². The van der Waals surface area contributed by atoms with Crippen LogP contribution in [0.25, 0.3) is 11.2 Å². The highest BCUT2D eigenvalue weighted by molar-refractivity contribution is 8.13. The highest BCUT2D eigenvalue weighted by Crippen LogP contribution is 2.56. The number of carbonyl (C=O) groups excluding carboxylic acids is 3. The Balaban J connectivity index is 1.16. The summed E-state index contributed by atoms with van der Waals surface area (Å²) in [7, 11) is -17.6. The van der Waals surface area contributed by atoms with Gasteiger partial charge < -0.3 is 69.0 Å². The lowest BCUT2D eigenvalue weighted by atomic mass is 9.87. The van der Waals surface area contributed by atoms with Gasteiger partial charge in [-0.3, -0.25) is 28.1 Å². The summed E-state index contributed by atoms with van der Waals surface area (Å²) in [5.74, 6) is -1.17. The summed E-state index contributed by atoms with van der Waals surface area (Å²) < 4.78 is 60.7. The second kappa shape index (κ2) is 22.4. The molecule has 0 radical (unpaired) electrons. The first-order valence-corrected chi connectivity index (χ1v) is 24.0. The van der Waals surface area contributed by atoms with Crippen molar-refractivity contribution in [2.75, 3.05) is 37.8 Å². The maximum Gasteiger partial charge on any atom is 0.274 e. The molecular weight excluding hydrogens is 891 g/mol. The zero-order valence-electron chi connectivity index (χ0n) is 32.8. The molecule has 340 valence electrons. The molecule has 0 bridgehead atoms. The van der Waals surface area contributed by atoms with Crippen LogP contribution in [0.5, 0.6) is 0 Å². The number of anilines is 1. The smallest absolute Gasteiger partial charge is 0.274 e. The fourth-order valence-electron chi connectivity index (χ4n) is 5.76. The number of aryl methyl sites for hydroxylation is 1. The summed E-state index contributed by atoms with van der Waals surface area (Å²) >= 11 is 1.11. The fourth-order valence-corrected chi connectivity index (χ4v) is 9.22. The Morgan fingerprint density at radius 3 is 2.39 bits per heavy atom. The number of hydrogen-bond donors (Lipinski definition) is 5. The lowest BCUT2D eigenvalue weighted by Crippen LogP contribution is -2.46. The van der Waals surface area contributed by atoms with Crippen molar-refractivity contribution in [2.45, 2.75) is 83.0 Å². The zero-order chi connectivity index (χ0) is 45.0. The lowest BCUT2D eigenvalue weighted by molar-refractivity contribution is -0.347. The third-order valence-corrected chi connectivity index (χ3v) is 12.9. The van der Waals surface area contributed by atoms with Crippen molar-refractivity contribution in [3.8, 4) is 0 Å². The Labute approximate surface area is 353 Å². The average molecular weight is 938 g/mol. The minimum atomic E-state index is -5.92. The van der Waals surface area contributed by atoms with E-state index in [1.165, 1.54) is 19.4 Å². The average Bonchev–Trinajstić information content (AvgIpc) is 3.74. The maximum atomic E-state index is 12.6. The number of nitrogens with zero attached hydrogens (tertiary/aromatic N) is 4. The van der Waals surface area contributed by atoms with Crippen molar-refractivity contribution in [3.05, 3.63) is 48.5 Å². The van der Waals surface area contributed by atoms with E-state index < -0.39 is 84.6 Å².